The summed E-state index contributed by atoms with van der Waals surface area (Å²) in [6.07, 6.45) is 1.11. The maximum absolute atomic E-state index is 11.4. The van der Waals surface area contributed by atoms with E-state index in [1.54, 1.807) is 18.3 Å². The molecule has 1 atom stereocenters. The molecule has 2 N–H and O–H groups in total. The lowest BCUT2D eigenvalue weighted by atomic mass is 10.1. The van der Waals surface area contributed by atoms with Crippen LogP contribution in [0.1, 0.15) is 18.9 Å². The van der Waals surface area contributed by atoms with Crippen molar-refractivity contribution in [3.63, 3.8) is 0 Å². The van der Waals surface area contributed by atoms with Crippen LogP contribution in [0.5, 0.6) is 0 Å². The predicted molar refractivity (Wildman–Crippen MR) is 62.4 cm³/mol. The van der Waals surface area contributed by atoms with Gasteiger partial charge in [-0.25, -0.2) is 0 Å². The molecular weight excluding hydrogens is 226 g/mol. The van der Waals surface area contributed by atoms with Crippen LogP contribution < -0.4 is 5.32 Å². The summed E-state index contributed by atoms with van der Waals surface area (Å²) < 4.78 is 0. The van der Waals surface area contributed by atoms with Gasteiger partial charge in [-0.15, -0.1) is 0 Å². The van der Waals surface area contributed by atoms with Crippen molar-refractivity contribution >= 4 is 23.2 Å². The highest BCUT2D eigenvalue weighted by Crippen LogP contribution is 2.08. The van der Waals surface area contributed by atoms with Gasteiger partial charge in [-0.1, -0.05) is 6.92 Å². The molecule has 1 heterocycles. The molecule has 1 amide bonds. The molecule has 0 aliphatic carbocycles. The highest BCUT2D eigenvalue weighted by Gasteiger charge is 2.11. The van der Waals surface area contributed by atoms with Crippen LogP contribution in [0.15, 0.2) is 16.8 Å². The molecule has 0 spiro atoms. The first-order chi connectivity index (χ1) is 7.59. The summed E-state index contributed by atoms with van der Waals surface area (Å²) in [7, 11) is 0. The van der Waals surface area contributed by atoms with E-state index in [1.165, 1.54) is 0 Å². The van der Waals surface area contributed by atoms with Gasteiger partial charge in [0.15, 0.2) is 0 Å². The molecular formula is C11H15NO3S. The Bertz CT molecular complexity index is 348. The number of nitrogens with one attached hydrogen (secondary N) is 1. The zero-order valence-electron chi connectivity index (χ0n) is 9.10. The molecule has 0 aromatic carbocycles. The van der Waals surface area contributed by atoms with Gasteiger partial charge in [0.05, 0.1) is 5.92 Å². The van der Waals surface area contributed by atoms with Crippen LogP contribution >= 0.6 is 11.3 Å². The summed E-state index contributed by atoms with van der Waals surface area (Å²) >= 11 is 1.60. The maximum Gasteiger partial charge on any atom is 0.308 e. The third-order valence-electron chi connectivity index (χ3n) is 2.25. The number of carboxylic acids is 1. The molecule has 1 unspecified atom stereocenters. The van der Waals surface area contributed by atoms with Gasteiger partial charge in [0.2, 0.25) is 5.91 Å². The molecule has 0 fully saturated rings. The van der Waals surface area contributed by atoms with E-state index in [0.717, 1.165) is 5.56 Å². The van der Waals surface area contributed by atoms with Gasteiger partial charge < -0.3 is 10.4 Å². The van der Waals surface area contributed by atoms with Crippen LogP contribution in [-0.2, 0) is 16.0 Å². The van der Waals surface area contributed by atoms with Crippen LogP contribution in [-0.4, -0.2) is 23.5 Å². The number of hydrogen-bond acceptors (Lipinski definition) is 3. The molecule has 0 aliphatic heterocycles. The quantitative estimate of drug-likeness (QED) is 0.793. The molecule has 1 aromatic heterocycles. The summed E-state index contributed by atoms with van der Waals surface area (Å²) in [5.74, 6) is -1.53. The Morgan fingerprint density at radius 3 is 2.88 bits per heavy atom. The molecule has 1 aromatic rings. The van der Waals surface area contributed by atoms with Crippen LogP contribution in [0, 0.1) is 5.92 Å². The number of aryl methyl sites for hydroxylation is 1. The zero-order chi connectivity index (χ0) is 12.0. The lowest BCUT2D eigenvalue weighted by Gasteiger charge is -2.07. The summed E-state index contributed by atoms with van der Waals surface area (Å²) in [5, 5.41) is 15.2. The first-order valence-electron chi connectivity index (χ1n) is 5.10. The van der Waals surface area contributed by atoms with Crippen molar-refractivity contribution in [3.8, 4) is 0 Å². The van der Waals surface area contributed by atoms with Gasteiger partial charge in [-0.3, -0.25) is 9.59 Å². The van der Waals surface area contributed by atoms with E-state index in [2.05, 4.69) is 5.32 Å². The number of thiophene rings is 1. The molecule has 4 nitrogen and oxygen atoms in total. The van der Waals surface area contributed by atoms with Crippen LogP contribution in [0.3, 0.4) is 0 Å². The lowest BCUT2D eigenvalue weighted by Crippen LogP contribution is -2.31. The van der Waals surface area contributed by atoms with Gasteiger partial charge in [0.1, 0.15) is 0 Å². The summed E-state index contributed by atoms with van der Waals surface area (Å²) in [6.45, 7) is 1.76. The Morgan fingerprint density at radius 1 is 1.56 bits per heavy atom. The molecule has 0 radical (unpaired) electrons. The fourth-order valence-electron chi connectivity index (χ4n) is 1.14. The second kappa shape index (κ2) is 6.27. The van der Waals surface area contributed by atoms with Gasteiger partial charge in [-0.05, 0) is 28.8 Å². The van der Waals surface area contributed by atoms with Crippen molar-refractivity contribution < 1.29 is 14.7 Å². The zero-order valence-corrected chi connectivity index (χ0v) is 9.92. The van der Waals surface area contributed by atoms with Crippen molar-refractivity contribution in [2.75, 3.05) is 6.54 Å². The lowest BCUT2D eigenvalue weighted by molar-refractivity contribution is -0.141. The third kappa shape index (κ3) is 4.44. The largest absolute Gasteiger partial charge is 0.481 e. The minimum atomic E-state index is -0.891. The molecule has 5 heteroatoms. The van der Waals surface area contributed by atoms with E-state index in [1.807, 2.05) is 16.8 Å². The van der Waals surface area contributed by atoms with Crippen molar-refractivity contribution in [3.05, 3.63) is 22.4 Å². The molecule has 1 rings (SSSR count). The Hall–Kier alpha value is -1.36. The maximum atomic E-state index is 11.4. The molecule has 16 heavy (non-hydrogen) atoms. The molecule has 0 saturated heterocycles. The highest BCUT2D eigenvalue weighted by molar-refractivity contribution is 7.07. The topological polar surface area (TPSA) is 66.4 Å². The minimum Gasteiger partial charge on any atom is -0.481 e. The number of carbonyl (C=O) groups excluding carboxylic acids is 1. The normalized spacial score (nSPS) is 12.1. The molecule has 0 aliphatic rings. The summed E-state index contributed by atoms with van der Waals surface area (Å²) in [6, 6.07) is 1.98. The second-order valence-corrected chi connectivity index (χ2v) is 4.45. The Morgan fingerprint density at radius 2 is 2.31 bits per heavy atom. The molecule has 0 saturated carbocycles. The van der Waals surface area contributed by atoms with E-state index in [9.17, 15) is 9.59 Å². The van der Waals surface area contributed by atoms with Crippen molar-refractivity contribution in [2.24, 2.45) is 5.92 Å². The highest BCUT2D eigenvalue weighted by atomic mass is 32.1. The van der Waals surface area contributed by atoms with Crippen molar-refractivity contribution in [2.45, 2.75) is 19.8 Å². The first kappa shape index (κ1) is 12.7. The number of rotatable bonds is 6. The number of hydrogen-bond donors (Lipinski definition) is 2. The fourth-order valence-corrected chi connectivity index (χ4v) is 1.84. The SMILES string of the molecule is CC(CNC(=O)CCc1ccsc1)C(=O)O. The van der Waals surface area contributed by atoms with E-state index >= 15 is 0 Å². The average Bonchev–Trinajstić information content (AvgIpc) is 2.75. The number of carbonyl (C=O) groups is 2. The van der Waals surface area contributed by atoms with Gasteiger partial charge in [0.25, 0.3) is 0 Å². The fraction of sp³-hybridized carbons (Fsp3) is 0.455. The van der Waals surface area contributed by atoms with Gasteiger partial charge in [0, 0.05) is 13.0 Å². The monoisotopic (exact) mass is 241 g/mol. The number of amides is 1. The summed E-state index contributed by atoms with van der Waals surface area (Å²) in [4.78, 5) is 21.9. The van der Waals surface area contributed by atoms with Crippen LogP contribution in [0.2, 0.25) is 0 Å². The van der Waals surface area contributed by atoms with Gasteiger partial charge in [-0.2, -0.15) is 11.3 Å². The predicted octanol–water partition coefficient (Wildman–Crippen LogP) is 1.52. The Kier molecular flexibility index (Phi) is 4.98. The second-order valence-electron chi connectivity index (χ2n) is 3.67. The first-order valence-corrected chi connectivity index (χ1v) is 6.04. The van der Waals surface area contributed by atoms with Crippen molar-refractivity contribution in [1.29, 1.82) is 0 Å². The smallest absolute Gasteiger partial charge is 0.308 e. The molecule has 0 bridgehead atoms. The van der Waals surface area contributed by atoms with Crippen LogP contribution in [0.4, 0.5) is 0 Å². The number of carboxylic acid groups (broad SMARTS) is 1. The Balaban J connectivity index is 2.19. The minimum absolute atomic E-state index is 0.0979. The van der Waals surface area contributed by atoms with Gasteiger partial charge >= 0.3 is 5.97 Å². The van der Waals surface area contributed by atoms with E-state index in [4.69, 9.17) is 5.11 Å². The third-order valence-corrected chi connectivity index (χ3v) is 2.98. The van der Waals surface area contributed by atoms with E-state index < -0.39 is 11.9 Å². The summed E-state index contributed by atoms with van der Waals surface area (Å²) in [5.41, 5.74) is 1.14. The van der Waals surface area contributed by atoms with E-state index in [0.29, 0.717) is 12.8 Å². The van der Waals surface area contributed by atoms with Crippen LogP contribution in [0.25, 0.3) is 0 Å². The van der Waals surface area contributed by atoms with E-state index in [-0.39, 0.29) is 12.5 Å². The standard InChI is InChI=1S/C11H15NO3S/c1-8(11(14)15)6-12-10(13)3-2-9-4-5-16-7-9/h4-5,7-8H,2-3,6H2,1H3,(H,12,13)(H,14,15). The van der Waals surface area contributed by atoms with Crippen molar-refractivity contribution in [1.82, 2.24) is 5.32 Å². The Labute approximate surface area is 98.3 Å². The number of aliphatic carboxylic acids is 1. The molecule has 88 valence electrons. The average molecular weight is 241 g/mol.